The standard InChI is InChI=1S/C27H37F2N3O/c1-2-26(33)32(23-9-5-3-6-10-23)21-27(13-7-4-8-14-27)31-17-15-30(16-18-31)20-22-11-12-24(28)25(29)19-22/h5,9-12,19H,2-4,6-8,13-18,20-21H2,1H3. The molecule has 2 fully saturated rings. The van der Waals surface area contributed by atoms with E-state index in [1.54, 1.807) is 6.07 Å². The Kier molecular flexibility index (Phi) is 7.97. The third-order valence-electron chi connectivity index (χ3n) is 7.56. The first-order valence-electron chi connectivity index (χ1n) is 12.6. The Morgan fingerprint density at radius 3 is 2.42 bits per heavy atom. The van der Waals surface area contributed by atoms with Gasteiger partial charge in [0.1, 0.15) is 0 Å². The molecule has 0 aromatic heterocycles. The average molecular weight is 458 g/mol. The highest BCUT2D eigenvalue weighted by atomic mass is 19.2. The second-order valence-electron chi connectivity index (χ2n) is 9.74. The van der Waals surface area contributed by atoms with Gasteiger partial charge in [0.2, 0.25) is 5.91 Å². The predicted molar refractivity (Wildman–Crippen MR) is 127 cm³/mol. The maximum Gasteiger partial charge on any atom is 0.226 e. The van der Waals surface area contributed by atoms with Crippen LogP contribution in [0.3, 0.4) is 0 Å². The molecule has 1 saturated carbocycles. The van der Waals surface area contributed by atoms with E-state index in [0.717, 1.165) is 69.7 Å². The van der Waals surface area contributed by atoms with Crippen LogP contribution in [0.2, 0.25) is 0 Å². The highest BCUT2D eigenvalue weighted by Crippen LogP contribution is 2.37. The molecule has 0 spiro atoms. The van der Waals surface area contributed by atoms with E-state index < -0.39 is 11.6 Å². The molecule has 33 heavy (non-hydrogen) atoms. The summed E-state index contributed by atoms with van der Waals surface area (Å²) < 4.78 is 26.9. The van der Waals surface area contributed by atoms with Gasteiger partial charge in [0.25, 0.3) is 0 Å². The molecular formula is C27H37F2N3O. The van der Waals surface area contributed by atoms with Crippen LogP contribution in [0.15, 0.2) is 42.1 Å². The Morgan fingerprint density at radius 1 is 1.03 bits per heavy atom. The first-order chi connectivity index (χ1) is 16.0. The van der Waals surface area contributed by atoms with E-state index in [0.29, 0.717) is 13.0 Å². The van der Waals surface area contributed by atoms with Crippen LogP contribution in [0.4, 0.5) is 8.78 Å². The van der Waals surface area contributed by atoms with Crippen LogP contribution in [0.5, 0.6) is 0 Å². The molecule has 4 nitrogen and oxygen atoms in total. The van der Waals surface area contributed by atoms with Crippen molar-refractivity contribution >= 4 is 5.91 Å². The first kappa shape index (κ1) is 24.1. The van der Waals surface area contributed by atoms with E-state index in [2.05, 4.69) is 32.9 Å². The fraction of sp³-hybridized carbons (Fsp3) is 0.593. The van der Waals surface area contributed by atoms with Gasteiger partial charge >= 0.3 is 0 Å². The number of hydrogen-bond acceptors (Lipinski definition) is 3. The number of carbonyl (C=O) groups excluding carboxylic acids is 1. The van der Waals surface area contributed by atoms with Crippen LogP contribution in [-0.2, 0) is 11.3 Å². The summed E-state index contributed by atoms with van der Waals surface area (Å²) in [5.74, 6) is -1.37. The van der Waals surface area contributed by atoms with Gasteiger partial charge in [0.05, 0.1) is 0 Å². The summed E-state index contributed by atoms with van der Waals surface area (Å²) in [6.07, 6.45) is 15.0. The number of halogens is 2. The van der Waals surface area contributed by atoms with Gasteiger partial charge in [-0.15, -0.1) is 0 Å². The Balaban J connectivity index is 1.45. The molecule has 0 radical (unpaired) electrons. The average Bonchev–Trinajstić information content (AvgIpc) is 2.86. The molecule has 0 bridgehead atoms. The van der Waals surface area contributed by atoms with Gasteiger partial charge in [-0.1, -0.05) is 44.4 Å². The summed E-state index contributed by atoms with van der Waals surface area (Å²) >= 11 is 0. The monoisotopic (exact) mass is 457 g/mol. The maximum atomic E-state index is 13.6. The van der Waals surface area contributed by atoms with E-state index in [9.17, 15) is 13.6 Å². The fourth-order valence-electron chi connectivity index (χ4n) is 5.67. The van der Waals surface area contributed by atoms with Gasteiger partial charge in [-0.05, 0) is 49.5 Å². The van der Waals surface area contributed by atoms with E-state index in [1.807, 2.05) is 6.92 Å². The molecule has 0 unspecified atom stereocenters. The van der Waals surface area contributed by atoms with Gasteiger partial charge in [-0.25, -0.2) is 8.78 Å². The topological polar surface area (TPSA) is 26.8 Å². The Morgan fingerprint density at radius 2 is 1.79 bits per heavy atom. The number of amides is 1. The van der Waals surface area contributed by atoms with Crippen molar-refractivity contribution in [3.63, 3.8) is 0 Å². The summed E-state index contributed by atoms with van der Waals surface area (Å²) in [6.45, 7) is 7.01. The number of nitrogens with zero attached hydrogens (tertiary/aromatic N) is 3. The highest BCUT2D eigenvalue weighted by Gasteiger charge is 2.41. The van der Waals surface area contributed by atoms with Crippen molar-refractivity contribution in [1.82, 2.24) is 14.7 Å². The normalized spacial score (nSPS) is 21.6. The molecule has 1 heterocycles. The summed E-state index contributed by atoms with van der Waals surface area (Å²) in [5.41, 5.74) is 1.89. The smallest absolute Gasteiger partial charge is 0.226 e. The Labute approximate surface area is 196 Å². The number of benzene rings is 1. The molecule has 1 aromatic carbocycles. The molecule has 180 valence electrons. The van der Waals surface area contributed by atoms with Crippen molar-refractivity contribution in [3.05, 3.63) is 59.3 Å². The molecule has 1 amide bonds. The van der Waals surface area contributed by atoms with Crippen molar-refractivity contribution in [2.45, 2.75) is 70.4 Å². The molecular weight excluding hydrogens is 420 g/mol. The number of allylic oxidation sites excluding steroid dienone is 3. The Bertz CT molecular complexity index is 883. The van der Waals surface area contributed by atoms with Crippen LogP contribution in [0.25, 0.3) is 0 Å². The predicted octanol–water partition coefficient (Wildman–Crippen LogP) is 5.26. The van der Waals surface area contributed by atoms with Gasteiger partial charge in [0.15, 0.2) is 11.6 Å². The van der Waals surface area contributed by atoms with E-state index in [1.165, 1.54) is 31.4 Å². The van der Waals surface area contributed by atoms with Gasteiger partial charge < -0.3 is 4.90 Å². The molecule has 1 aromatic rings. The fourth-order valence-corrected chi connectivity index (χ4v) is 5.67. The summed E-state index contributed by atoms with van der Waals surface area (Å²) in [4.78, 5) is 20.0. The molecule has 1 aliphatic heterocycles. The molecule has 1 saturated heterocycles. The second-order valence-corrected chi connectivity index (χ2v) is 9.74. The Hall–Kier alpha value is -2.05. The third-order valence-corrected chi connectivity index (χ3v) is 7.56. The zero-order chi connectivity index (χ0) is 23.3. The van der Waals surface area contributed by atoms with Crippen molar-refractivity contribution in [2.24, 2.45) is 0 Å². The summed E-state index contributed by atoms with van der Waals surface area (Å²) in [7, 11) is 0. The van der Waals surface area contributed by atoms with E-state index in [-0.39, 0.29) is 11.4 Å². The minimum absolute atomic E-state index is 0.0171. The minimum Gasteiger partial charge on any atom is -0.311 e. The number of piperazine rings is 1. The number of rotatable bonds is 7. The number of hydrogen-bond donors (Lipinski definition) is 0. The quantitative estimate of drug-likeness (QED) is 0.559. The summed E-state index contributed by atoms with van der Waals surface area (Å²) in [5, 5.41) is 0. The largest absolute Gasteiger partial charge is 0.311 e. The lowest BCUT2D eigenvalue weighted by Gasteiger charge is -2.51. The lowest BCUT2D eigenvalue weighted by Crippen LogP contribution is -2.62. The van der Waals surface area contributed by atoms with E-state index in [4.69, 9.17) is 0 Å². The zero-order valence-corrected chi connectivity index (χ0v) is 19.9. The van der Waals surface area contributed by atoms with Crippen LogP contribution in [0, 0.1) is 11.6 Å². The SMILES string of the molecule is CCC(=O)N(CC1(N2CCN(Cc3ccc(F)c(F)c3)CC2)CCCCC1)C1=CCCC=C1. The molecule has 0 N–H and O–H groups in total. The lowest BCUT2D eigenvalue weighted by atomic mass is 9.79. The van der Waals surface area contributed by atoms with Gasteiger partial charge in [0, 0.05) is 56.9 Å². The van der Waals surface area contributed by atoms with Crippen molar-refractivity contribution in [2.75, 3.05) is 32.7 Å². The van der Waals surface area contributed by atoms with Gasteiger partial charge in [-0.3, -0.25) is 14.6 Å². The maximum absolute atomic E-state index is 13.6. The van der Waals surface area contributed by atoms with Crippen molar-refractivity contribution in [1.29, 1.82) is 0 Å². The van der Waals surface area contributed by atoms with Crippen LogP contribution < -0.4 is 0 Å². The highest BCUT2D eigenvalue weighted by molar-refractivity contribution is 5.78. The van der Waals surface area contributed by atoms with Crippen LogP contribution in [-0.4, -0.2) is 58.9 Å². The zero-order valence-electron chi connectivity index (χ0n) is 19.9. The number of carbonyl (C=O) groups is 1. The third kappa shape index (κ3) is 5.72. The second kappa shape index (κ2) is 10.9. The molecule has 3 aliphatic rings. The van der Waals surface area contributed by atoms with E-state index >= 15 is 0 Å². The molecule has 2 aliphatic carbocycles. The van der Waals surface area contributed by atoms with Crippen LogP contribution >= 0.6 is 0 Å². The molecule has 0 atom stereocenters. The first-order valence-corrected chi connectivity index (χ1v) is 12.6. The lowest BCUT2D eigenvalue weighted by molar-refractivity contribution is -0.131. The van der Waals surface area contributed by atoms with Crippen molar-refractivity contribution < 1.29 is 13.6 Å². The minimum atomic E-state index is -0.795. The van der Waals surface area contributed by atoms with Crippen molar-refractivity contribution in [3.8, 4) is 0 Å². The molecule has 4 rings (SSSR count). The molecule has 6 heteroatoms. The van der Waals surface area contributed by atoms with Gasteiger partial charge in [-0.2, -0.15) is 0 Å². The summed E-state index contributed by atoms with van der Waals surface area (Å²) in [6, 6.07) is 4.20. The van der Waals surface area contributed by atoms with Crippen LogP contribution in [0.1, 0.15) is 63.9 Å².